The zero-order chi connectivity index (χ0) is 16.2. The molecule has 1 aromatic rings. The van der Waals surface area contributed by atoms with Gasteiger partial charge in [-0.25, -0.2) is 4.39 Å². The van der Waals surface area contributed by atoms with Crippen molar-refractivity contribution in [2.45, 2.75) is 31.6 Å². The lowest BCUT2D eigenvalue weighted by atomic mass is 9.56. The van der Waals surface area contributed by atoms with E-state index in [1.807, 2.05) is 12.1 Å². The highest BCUT2D eigenvalue weighted by atomic mass is 19.1. The Balaban J connectivity index is 2.63. The van der Waals surface area contributed by atoms with E-state index in [0.717, 1.165) is 19.3 Å². The largest absolute Gasteiger partial charge is 0.465 e. The van der Waals surface area contributed by atoms with Crippen LogP contribution in [0, 0.1) is 40.3 Å². The molecular weight excluding hydrogens is 283 g/mol. The molecule has 1 fully saturated rings. The number of rotatable bonds is 5. The van der Waals surface area contributed by atoms with E-state index in [4.69, 9.17) is 4.74 Å². The first-order chi connectivity index (χ1) is 10.6. The number of halogens is 1. The number of hydrogen-bond donors (Lipinski definition) is 0. The molecular formula is C17H17FN2O2. The molecule has 1 aliphatic carbocycles. The van der Waals surface area contributed by atoms with Crippen LogP contribution in [0.4, 0.5) is 4.39 Å². The summed E-state index contributed by atoms with van der Waals surface area (Å²) in [5.74, 6) is -2.30. The second kappa shape index (κ2) is 6.58. The molecule has 0 aliphatic heterocycles. The van der Waals surface area contributed by atoms with E-state index >= 15 is 0 Å². The average molecular weight is 300 g/mol. The molecule has 0 unspecified atom stereocenters. The van der Waals surface area contributed by atoms with Gasteiger partial charge in [-0.1, -0.05) is 18.6 Å². The van der Waals surface area contributed by atoms with Crippen molar-refractivity contribution >= 4 is 5.97 Å². The quantitative estimate of drug-likeness (QED) is 0.783. The van der Waals surface area contributed by atoms with Crippen molar-refractivity contribution in [3.05, 3.63) is 35.6 Å². The molecule has 22 heavy (non-hydrogen) atoms. The lowest BCUT2D eigenvalue weighted by molar-refractivity contribution is -0.155. The van der Waals surface area contributed by atoms with Crippen LogP contribution < -0.4 is 0 Å². The maximum Gasteiger partial charge on any atom is 0.319 e. The highest BCUT2D eigenvalue weighted by molar-refractivity contribution is 5.85. The number of carbonyl (C=O) groups is 1. The first kappa shape index (κ1) is 16.0. The maximum atomic E-state index is 13.2. The molecule has 114 valence electrons. The van der Waals surface area contributed by atoms with Gasteiger partial charge in [0.05, 0.1) is 18.7 Å². The van der Waals surface area contributed by atoms with Crippen LogP contribution in [0.15, 0.2) is 24.3 Å². The summed E-state index contributed by atoms with van der Waals surface area (Å²) < 4.78 is 18.4. The Morgan fingerprint density at radius 1 is 1.36 bits per heavy atom. The highest BCUT2D eigenvalue weighted by Gasteiger charge is 2.56. The summed E-state index contributed by atoms with van der Waals surface area (Å²) in [7, 11) is 0. The fraction of sp³-hybridized carbons (Fsp3) is 0.471. The van der Waals surface area contributed by atoms with Crippen LogP contribution in [0.1, 0.15) is 31.7 Å². The van der Waals surface area contributed by atoms with Crippen molar-refractivity contribution in [2.75, 3.05) is 6.61 Å². The summed E-state index contributed by atoms with van der Waals surface area (Å²) >= 11 is 0. The fourth-order valence-corrected chi connectivity index (χ4v) is 3.11. The molecule has 1 aliphatic rings. The van der Waals surface area contributed by atoms with Crippen LogP contribution in [-0.4, -0.2) is 12.6 Å². The van der Waals surface area contributed by atoms with Crippen molar-refractivity contribution < 1.29 is 13.9 Å². The van der Waals surface area contributed by atoms with Crippen LogP contribution in [0.2, 0.25) is 0 Å². The molecule has 1 atom stereocenters. The van der Waals surface area contributed by atoms with Gasteiger partial charge in [0.2, 0.25) is 0 Å². The van der Waals surface area contributed by atoms with E-state index in [9.17, 15) is 19.7 Å². The average Bonchev–Trinajstić information content (AvgIpc) is 2.46. The predicted octanol–water partition coefficient (Wildman–Crippen LogP) is 3.09. The summed E-state index contributed by atoms with van der Waals surface area (Å²) in [5.41, 5.74) is -0.865. The number of carbonyl (C=O) groups excluding carboxylic acids is 1. The Morgan fingerprint density at radius 2 is 1.95 bits per heavy atom. The minimum Gasteiger partial charge on any atom is -0.465 e. The number of esters is 1. The minimum absolute atomic E-state index is 0.138. The molecule has 5 heteroatoms. The van der Waals surface area contributed by atoms with Crippen molar-refractivity contribution in [1.82, 2.24) is 0 Å². The Labute approximate surface area is 129 Å². The van der Waals surface area contributed by atoms with Gasteiger partial charge < -0.3 is 4.74 Å². The molecule has 0 amide bonds. The van der Waals surface area contributed by atoms with Crippen LogP contribution in [0.5, 0.6) is 0 Å². The highest BCUT2D eigenvalue weighted by Crippen LogP contribution is 2.49. The van der Waals surface area contributed by atoms with E-state index in [2.05, 4.69) is 0 Å². The smallest absolute Gasteiger partial charge is 0.319 e. The summed E-state index contributed by atoms with van der Waals surface area (Å²) in [6.45, 7) is 1.85. The summed E-state index contributed by atoms with van der Waals surface area (Å²) in [5, 5.41) is 18.8. The minimum atomic E-state index is -1.34. The van der Waals surface area contributed by atoms with E-state index < -0.39 is 23.1 Å². The second-order valence-corrected chi connectivity index (χ2v) is 5.42. The Morgan fingerprint density at radius 3 is 2.36 bits per heavy atom. The van der Waals surface area contributed by atoms with Gasteiger partial charge in [-0.2, -0.15) is 10.5 Å². The molecule has 0 heterocycles. The van der Waals surface area contributed by atoms with Crippen LogP contribution in [0.25, 0.3) is 0 Å². The number of nitrogens with zero attached hydrogens (tertiary/aromatic N) is 2. The zero-order valence-electron chi connectivity index (χ0n) is 12.4. The SMILES string of the molecule is CCOC(=O)[C@](c1ccc(F)cc1)(C(C#N)C#N)C1CCC1. The third-order valence-corrected chi connectivity index (χ3v) is 4.40. The van der Waals surface area contributed by atoms with Crippen molar-refractivity contribution in [2.24, 2.45) is 11.8 Å². The van der Waals surface area contributed by atoms with Crippen LogP contribution in [0.3, 0.4) is 0 Å². The van der Waals surface area contributed by atoms with Crippen LogP contribution >= 0.6 is 0 Å². The topological polar surface area (TPSA) is 73.9 Å². The summed E-state index contributed by atoms with van der Waals surface area (Å²) in [4.78, 5) is 12.7. The van der Waals surface area contributed by atoms with Gasteiger partial charge in [0.25, 0.3) is 0 Å². The Bertz CT molecular complexity index is 612. The van der Waals surface area contributed by atoms with Crippen molar-refractivity contribution in [3.8, 4) is 12.1 Å². The van der Waals surface area contributed by atoms with Gasteiger partial charge in [0.1, 0.15) is 11.2 Å². The van der Waals surface area contributed by atoms with Gasteiger partial charge in [0.15, 0.2) is 5.92 Å². The third-order valence-electron chi connectivity index (χ3n) is 4.40. The maximum absolute atomic E-state index is 13.2. The predicted molar refractivity (Wildman–Crippen MR) is 76.8 cm³/mol. The van der Waals surface area contributed by atoms with Crippen molar-refractivity contribution in [3.63, 3.8) is 0 Å². The number of ether oxygens (including phenoxy) is 1. The van der Waals surface area contributed by atoms with E-state index in [1.165, 1.54) is 24.3 Å². The van der Waals surface area contributed by atoms with Gasteiger partial charge in [-0.3, -0.25) is 4.79 Å². The molecule has 0 N–H and O–H groups in total. The normalized spacial score (nSPS) is 17.0. The number of nitriles is 2. The van der Waals surface area contributed by atoms with E-state index in [-0.39, 0.29) is 12.5 Å². The molecule has 0 bridgehead atoms. The molecule has 4 nitrogen and oxygen atoms in total. The molecule has 0 saturated heterocycles. The number of benzene rings is 1. The summed E-state index contributed by atoms with van der Waals surface area (Å²) in [6.07, 6.45) is 2.43. The first-order valence-electron chi connectivity index (χ1n) is 7.33. The molecule has 0 aromatic heterocycles. The zero-order valence-corrected chi connectivity index (χ0v) is 12.4. The molecule has 1 aromatic carbocycles. The third kappa shape index (κ3) is 2.44. The lowest BCUT2D eigenvalue weighted by Gasteiger charge is -2.44. The van der Waals surface area contributed by atoms with Gasteiger partial charge >= 0.3 is 5.97 Å². The van der Waals surface area contributed by atoms with Crippen LogP contribution in [-0.2, 0) is 14.9 Å². The summed E-state index contributed by atoms with van der Waals surface area (Å²) in [6, 6.07) is 9.32. The molecule has 0 radical (unpaired) electrons. The second-order valence-electron chi connectivity index (χ2n) is 5.42. The fourth-order valence-electron chi connectivity index (χ4n) is 3.11. The van der Waals surface area contributed by atoms with E-state index in [0.29, 0.717) is 5.56 Å². The van der Waals surface area contributed by atoms with Crippen molar-refractivity contribution in [1.29, 1.82) is 10.5 Å². The monoisotopic (exact) mass is 300 g/mol. The standard InChI is InChI=1S/C17H17FN2O2/c1-2-22-16(21)17(12-4-3-5-12,14(10-19)11-20)13-6-8-15(18)9-7-13/h6-9,12,14H,2-5H2,1H3/t17-/m1/s1. The first-order valence-corrected chi connectivity index (χ1v) is 7.33. The van der Waals surface area contributed by atoms with E-state index in [1.54, 1.807) is 6.92 Å². The Hall–Kier alpha value is -2.40. The molecule has 1 saturated carbocycles. The lowest BCUT2D eigenvalue weighted by Crippen LogP contribution is -2.51. The van der Waals surface area contributed by atoms with Gasteiger partial charge in [-0.05, 0) is 43.4 Å². The van der Waals surface area contributed by atoms with Gasteiger partial charge in [-0.15, -0.1) is 0 Å². The number of hydrogen-bond acceptors (Lipinski definition) is 4. The Kier molecular flexibility index (Phi) is 4.78. The molecule has 2 rings (SSSR count). The van der Waals surface area contributed by atoms with Gasteiger partial charge in [0, 0.05) is 0 Å². The molecule has 0 spiro atoms.